The Morgan fingerprint density at radius 2 is 2.00 bits per heavy atom. The molecule has 5 nitrogen and oxygen atoms in total. The summed E-state index contributed by atoms with van der Waals surface area (Å²) >= 11 is 0. The van der Waals surface area contributed by atoms with E-state index in [0.29, 0.717) is 30.9 Å². The molecule has 2 aliphatic rings. The van der Waals surface area contributed by atoms with Gasteiger partial charge in [0.05, 0.1) is 14.2 Å². The van der Waals surface area contributed by atoms with Crippen LogP contribution in [0.5, 0.6) is 11.5 Å². The van der Waals surface area contributed by atoms with Crippen LogP contribution in [0.1, 0.15) is 36.8 Å². The average molecular weight is 320 g/mol. The minimum atomic E-state index is -1.03. The lowest BCUT2D eigenvalue weighted by atomic mass is 9.73. The van der Waals surface area contributed by atoms with Crippen LogP contribution in [0.3, 0.4) is 0 Å². The summed E-state index contributed by atoms with van der Waals surface area (Å²) in [6.45, 7) is 0.787. The summed E-state index contributed by atoms with van der Waals surface area (Å²) in [6, 6.07) is 3.78. The number of benzene rings is 1. The predicted octanol–water partition coefficient (Wildman–Crippen LogP) is 2.24. The Morgan fingerprint density at radius 1 is 1.26 bits per heavy atom. The van der Waals surface area contributed by atoms with Gasteiger partial charge in [-0.3, -0.25) is 0 Å². The first-order valence-electron chi connectivity index (χ1n) is 8.06. The summed E-state index contributed by atoms with van der Waals surface area (Å²) in [5, 5.41) is 20.4. The van der Waals surface area contributed by atoms with Crippen molar-refractivity contribution in [1.82, 2.24) is 0 Å². The quantitative estimate of drug-likeness (QED) is 0.871. The molecule has 1 aliphatic carbocycles. The van der Waals surface area contributed by atoms with Crippen molar-refractivity contribution in [2.45, 2.75) is 37.4 Å². The van der Waals surface area contributed by atoms with Crippen molar-refractivity contribution in [3.8, 4) is 11.5 Å². The molecule has 23 heavy (non-hydrogen) atoms. The number of fused-ring (bicyclic) bond motifs is 3. The third-order valence-electron chi connectivity index (χ3n) is 4.76. The third-order valence-corrected chi connectivity index (χ3v) is 4.76. The number of aliphatic hydroxyl groups excluding tert-OH is 1. The van der Waals surface area contributed by atoms with Gasteiger partial charge in [-0.2, -0.15) is 0 Å². The number of hydrogen-bond acceptors (Lipinski definition) is 5. The Kier molecular flexibility index (Phi) is 4.62. The molecular formula is C18H24O5. The van der Waals surface area contributed by atoms with E-state index in [1.54, 1.807) is 14.2 Å². The van der Waals surface area contributed by atoms with Crippen LogP contribution in [0, 0.1) is 0 Å². The highest BCUT2D eigenvalue weighted by Gasteiger charge is 2.45. The molecule has 0 saturated carbocycles. The molecule has 0 bridgehead atoms. The average Bonchev–Trinajstić information content (AvgIpc) is 2.58. The van der Waals surface area contributed by atoms with Crippen LogP contribution in [-0.2, 0) is 10.3 Å². The molecule has 1 fully saturated rings. The van der Waals surface area contributed by atoms with Gasteiger partial charge in [-0.05, 0) is 60.6 Å². The molecule has 5 heteroatoms. The van der Waals surface area contributed by atoms with E-state index in [9.17, 15) is 5.11 Å². The summed E-state index contributed by atoms with van der Waals surface area (Å²) in [7, 11) is 3.19. The maximum absolute atomic E-state index is 11.3. The molecule has 1 aromatic rings. The van der Waals surface area contributed by atoms with Crippen LogP contribution >= 0.6 is 0 Å². The Balaban J connectivity index is 2.14. The van der Waals surface area contributed by atoms with E-state index in [2.05, 4.69) is 0 Å². The Morgan fingerprint density at radius 3 is 2.70 bits per heavy atom. The smallest absolute Gasteiger partial charge is 0.161 e. The number of allylic oxidation sites excluding steroid dienone is 1. The number of rotatable bonds is 5. The van der Waals surface area contributed by atoms with Crippen molar-refractivity contribution in [3.63, 3.8) is 0 Å². The molecule has 1 saturated heterocycles. The van der Waals surface area contributed by atoms with E-state index in [-0.39, 0.29) is 12.7 Å². The van der Waals surface area contributed by atoms with Gasteiger partial charge < -0.3 is 24.4 Å². The normalized spacial score (nSPS) is 26.1. The predicted molar refractivity (Wildman–Crippen MR) is 86.7 cm³/mol. The molecule has 0 spiro atoms. The summed E-state index contributed by atoms with van der Waals surface area (Å²) < 4.78 is 16.6. The Hall–Kier alpha value is -1.56. The zero-order chi connectivity index (χ0) is 16.4. The second-order valence-corrected chi connectivity index (χ2v) is 6.09. The van der Waals surface area contributed by atoms with Gasteiger partial charge in [0.1, 0.15) is 11.7 Å². The van der Waals surface area contributed by atoms with E-state index in [1.165, 1.54) is 0 Å². The fraction of sp³-hybridized carbons (Fsp3) is 0.556. The first-order chi connectivity index (χ1) is 11.1. The molecule has 1 aromatic carbocycles. The molecule has 126 valence electrons. The highest BCUT2D eigenvalue weighted by Crippen LogP contribution is 2.48. The highest BCUT2D eigenvalue weighted by atomic mass is 16.5. The fourth-order valence-electron chi connectivity index (χ4n) is 3.57. The zero-order valence-corrected chi connectivity index (χ0v) is 13.7. The summed E-state index contributed by atoms with van der Waals surface area (Å²) in [6.07, 6.45) is 4.53. The SMILES string of the molecule is COc1cc2c(cc1OC)[C@@]1(O)CCCO[C@H]1C=C2CCCO. The van der Waals surface area contributed by atoms with Gasteiger partial charge in [-0.1, -0.05) is 0 Å². The second kappa shape index (κ2) is 6.51. The van der Waals surface area contributed by atoms with Crippen molar-refractivity contribution in [2.75, 3.05) is 27.4 Å². The second-order valence-electron chi connectivity index (χ2n) is 6.09. The summed E-state index contributed by atoms with van der Waals surface area (Å²) in [5.41, 5.74) is 1.83. The molecular weight excluding hydrogens is 296 g/mol. The standard InChI is InChI=1S/C18H24O5/c1-21-15-10-13-12(5-3-7-19)9-17-18(20,6-4-8-23-17)14(13)11-16(15)22-2/h9-11,17,19-20H,3-8H2,1-2H3/t17-,18-/m0/s1. The molecule has 0 radical (unpaired) electrons. The van der Waals surface area contributed by atoms with Crippen LogP contribution < -0.4 is 9.47 Å². The van der Waals surface area contributed by atoms with Crippen molar-refractivity contribution in [3.05, 3.63) is 29.3 Å². The lowest BCUT2D eigenvalue weighted by Gasteiger charge is -2.43. The first kappa shape index (κ1) is 16.3. The van der Waals surface area contributed by atoms with Crippen molar-refractivity contribution >= 4 is 5.57 Å². The van der Waals surface area contributed by atoms with Crippen molar-refractivity contribution in [2.24, 2.45) is 0 Å². The maximum atomic E-state index is 11.3. The summed E-state index contributed by atoms with van der Waals surface area (Å²) in [5.74, 6) is 1.24. The fourth-order valence-corrected chi connectivity index (χ4v) is 3.57. The number of ether oxygens (including phenoxy) is 3. The van der Waals surface area contributed by atoms with Crippen LogP contribution in [0.25, 0.3) is 5.57 Å². The van der Waals surface area contributed by atoms with Crippen molar-refractivity contribution < 1.29 is 24.4 Å². The van der Waals surface area contributed by atoms with E-state index in [1.807, 2.05) is 18.2 Å². The molecule has 2 atom stereocenters. The molecule has 1 heterocycles. The largest absolute Gasteiger partial charge is 0.493 e. The maximum Gasteiger partial charge on any atom is 0.161 e. The third kappa shape index (κ3) is 2.73. The monoisotopic (exact) mass is 320 g/mol. The van der Waals surface area contributed by atoms with Gasteiger partial charge in [-0.15, -0.1) is 0 Å². The Labute approximate surface area is 136 Å². The van der Waals surface area contributed by atoms with Crippen LogP contribution in [-0.4, -0.2) is 43.8 Å². The van der Waals surface area contributed by atoms with Gasteiger partial charge in [0.2, 0.25) is 0 Å². The Bertz CT molecular complexity index is 610. The van der Waals surface area contributed by atoms with Crippen LogP contribution in [0.2, 0.25) is 0 Å². The lowest BCUT2D eigenvalue weighted by molar-refractivity contribution is -0.130. The van der Waals surface area contributed by atoms with E-state index < -0.39 is 5.60 Å². The van der Waals surface area contributed by atoms with Crippen LogP contribution in [0.15, 0.2) is 18.2 Å². The molecule has 0 amide bonds. The van der Waals surface area contributed by atoms with Gasteiger partial charge in [-0.25, -0.2) is 0 Å². The molecule has 3 rings (SSSR count). The van der Waals surface area contributed by atoms with Crippen LogP contribution in [0.4, 0.5) is 0 Å². The topological polar surface area (TPSA) is 68.2 Å². The summed E-state index contributed by atoms with van der Waals surface area (Å²) in [4.78, 5) is 0. The molecule has 0 unspecified atom stereocenters. The van der Waals surface area contributed by atoms with Gasteiger partial charge >= 0.3 is 0 Å². The first-order valence-corrected chi connectivity index (χ1v) is 8.06. The number of hydrogen-bond donors (Lipinski definition) is 2. The van der Waals surface area contributed by atoms with Crippen molar-refractivity contribution in [1.29, 1.82) is 0 Å². The van der Waals surface area contributed by atoms with Gasteiger partial charge in [0, 0.05) is 13.2 Å². The van der Waals surface area contributed by atoms with E-state index in [0.717, 1.165) is 29.5 Å². The highest BCUT2D eigenvalue weighted by molar-refractivity contribution is 5.75. The number of aliphatic hydroxyl groups is 2. The molecule has 2 N–H and O–H groups in total. The molecule has 0 aromatic heterocycles. The van der Waals surface area contributed by atoms with Gasteiger partial charge in [0.25, 0.3) is 0 Å². The number of methoxy groups -OCH3 is 2. The minimum Gasteiger partial charge on any atom is -0.493 e. The lowest BCUT2D eigenvalue weighted by Crippen LogP contribution is -2.46. The zero-order valence-electron chi connectivity index (χ0n) is 13.7. The minimum absolute atomic E-state index is 0.135. The van der Waals surface area contributed by atoms with Gasteiger partial charge in [0.15, 0.2) is 11.5 Å². The van der Waals surface area contributed by atoms with E-state index in [4.69, 9.17) is 19.3 Å². The van der Waals surface area contributed by atoms with E-state index >= 15 is 0 Å². The molecule has 1 aliphatic heterocycles.